The van der Waals surface area contributed by atoms with Crippen molar-refractivity contribution in [2.45, 2.75) is 45.6 Å². The maximum absolute atomic E-state index is 2.36. The third kappa shape index (κ3) is 5.84. The molecule has 0 amide bonds. The molecule has 128 valence electrons. The van der Waals surface area contributed by atoms with Crippen LogP contribution in [-0.4, -0.2) is 14.1 Å². The lowest BCUT2D eigenvalue weighted by Crippen LogP contribution is -2.36. The molecule has 0 N–H and O–H groups in total. The number of unbranched alkanes of at least 4 members (excludes halogenated alkanes) is 4. The first-order valence-electron chi connectivity index (χ1n) is 9.14. The Kier molecular flexibility index (Phi) is 7.54. The van der Waals surface area contributed by atoms with E-state index in [1.807, 2.05) is 0 Å². The molecular weight excluding hydrogens is 292 g/mol. The molecule has 2 nitrogen and oxygen atoms in total. The SMILES string of the molecule is CCCCCCC[n+]1ccccc1/C=C/c1ccc(N(C)C)cc1. The minimum atomic E-state index is 1.10. The van der Waals surface area contributed by atoms with Crippen molar-refractivity contribution in [2.24, 2.45) is 0 Å². The summed E-state index contributed by atoms with van der Waals surface area (Å²) >= 11 is 0. The highest BCUT2D eigenvalue weighted by atomic mass is 15.1. The highest BCUT2D eigenvalue weighted by molar-refractivity contribution is 5.68. The Hall–Kier alpha value is -2.09. The number of nitrogens with zero attached hydrogens (tertiary/aromatic N) is 2. The lowest BCUT2D eigenvalue weighted by Gasteiger charge is -2.11. The van der Waals surface area contributed by atoms with Gasteiger partial charge in [0.2, 0.25) is 5.69 Å². The van der Waals surface area contributed by atoms with Gasteiger partial charge < -0.3 is 4.90 Å². The normalized spacial score (nSPS) is 11.1. The van der Waals surface area contributed by atoms with E-state index in [1.54, 1.807) is 0 Å². The summed E-state index contributed by atoms with van der Waals surface area (Å²) in [5, 5.41) is 0. The fourth-order valence-electron chi connectivity index (χ4n) is 2.80. The van der Waals surface area contributed by atoms with Crippen LogP contribution in [0, 0.1) is 0 Å². The van der Waals surface area contributed by atoms with Crippen molar-refractivity contribution in [2.75, 3.05) is 19.0 Å². The number of benzene rings is 1. The van der Waals surface area contributed by atoms with Crippen molar-refractivity contribution in [3.8, 4) is 0 Å². The van der Waals surface area contributed by atoms with Crippen LogP contribution in [0.1, 0.15) is 50.3 Å². The fraction of sp³-hybridized carbons (Fsp3) is 0.409. The van der Waals surface area contributed by atoms with Crippen LogP contribution in [-0.2, 0) is 6.54 Å². The maximum atomic E-state index is 2.36. The monoisotopic (exact) mass is 323 g/mol. The van der Waals surface area contributed by atoms with Crippen LogP contribution in [0.5, 0.6) is 0 Å². The van der Waals surface area contributed by atoms with Crippen molar-refractivity contribution >= 4 is 17.8 Å². The average Bonchev–Trinajstić information content (AvgIpc) is 2.61. The second-order valence-corrected chi connectivity index (χ2v) is 6.55. The highest BCUT2D eigenvalue weighted by Crippen LogP contribution is 2.14. The van der Waals surface area contributed by atoms with E-state index >= 15 is 0 Å². The zero-order valence-corrected chi connectivity index (χ0v) is 15.4. The topological polar surface area (TPSA) is 7.12 Å². The highest BCUT2D eigenvalue weighted by Gasteiger charge is 2.05. The van der Waals surface area contributed by atoms with E-state index in [1.165, 1.54) is 49.0 Å². The van der Waals surface area contributed by atoms with Gasteiger partial charge in [0.15, 0.2) is 6.20 Å². The van der Waals surface area contributed by atoms with Crippen LogP contribution in [0.4, 0.5) is 5.69 Å². The predicted molar refractivity (Wildman–Crippen MR) is 105 cm³/mol. The van der Waals surface area contributed by atoms with Gasteiger partial charge in [-0.15, -0.1) is 0 Å². The first kappa shape index (κ1) is 18.3. The number of rotatable bonds is 9. The average molecular weight is 324 g/mol. The molecular formula is C22H31N2+. The number of pyridine rings is 1. The van der Waals surface area contributed by atoms with Crippen LogP contribution >= 0.6 is 0 Å². The Morgan fingerprint density at radius 1 is 0.875 bits per heavy atom. The quantitative estimate of drug-likeness (QED) is 0.455. The number of aromatic nitrogens is 1. The molecule has 0 atom stereocenters. The minimum absolute atomic E-state index is 1.10. The van der Waals surface area contributed by atoms with E-state index in [0.717, 1.165) is 6.54 Å². The minimum Gasteiger partial charge on any atom is -0.378 e. The molecule has 2 aromatic rings. The second-order valence-electron chi connectivity index (χ2n) is 6.55. The zero-order valence-electron chi connectivity index (χ0n) is 15.4. The van der Waals surface area contributed by atoms with Gasteiger partial charge in [0.05, 0.1) is 0 Å². The van der Waals surface area contributed by atoms with Gasteiger partial charge >= 0.3 is 0 Å². The molecule has 24 heavy (non-hydrogen) atoms. The number of anilines is 1. The van der Waals surface area contributed by atoms with Gasteiger partial charge in [-0.1, -0.05) is 38.3 Å². The van der Waals surface area contributed by atoms with E-state index in [4.69, 9.17) is 0 Å². The molecule has 0 aliphatic carbocycles. The molecule has 2 rings (SSSR count). The molecule has 1 heterocycles. The first-order valence-corrected chi connectivity index (χ1v) is 9.14. The third-order valence-electron chi connectivity index (χ3n) is 4.33. The molecule has 0 bridgehead atoms. The Morgan fingerprint density at radius 3 is 2.33 bits per heavy atom. The summed E-state index contributed by atoms with van der Waals surface area (Å²) in [5.74, 6) is 0. The lowest BCUT2D eigenvalue weighted by molar-refractivity contribution is -0.699. The summed E-state index contributed by atoms with van der Waals surface area (Å²) in [6, 6.07) is 15.1. The molecule has 1 aromatic heterocycles. The van der Waals surface area contributed by atoms with Gasteiger partial charge in [-0.05, 0) is 36.3 Å². The van der Waals surface area contributed by atoms with Crippen molar-refractivity contribution < 1.29 is 4.57 Å². The second kappa shape index (κ2) is 9.92. The Morgan fingerprint density at radius 2 is 1.62 bits per heavy atom. The Bertz CT molecular complexity index is 627. The molecule has 0 aliphatic heterocycles. The maximum Gasteiger partial charge on any atom is 0.205 e. The van der Waals surface area contributed by atoms with Gasteiger partial charge in [0.1, 0.15) is 6.54 Å². The van der Waals surface area contributed by atoms with Gasteiger partial charge in [-0.3, -0.25) is 0 Å². The predicted octanol–water partition coefficient (Wildman–Crippen LogP) is 5.18. The van der Waals surface area contributed by atoms with Crippen molar-refractivity contribution in [1.29, 1.82) is 0 Å². The molecule has 0 spiro atoms. The van der Waals surface area contributed by atoms with Crippen LogP contribution in [0.2, 0.25) is 0 Å². The largest absolute Gasteiger partial charge is 0.378 e. The van der Waals surface area contributed by atoms with E-state index in [0.29, 0.717) is 0 Å². The Balaban J connectivity index is 1.98. The van der Waals surface area contributed by atoms with Crippen LogP contribution < -0.4 is 9.47 Å². The molecule has 0 unspecified atom stereocenters. The third-order valence-corrected chi connectivity index (χ3v) is 4.33. The van der Waals surface area contributed by atoms with Gasteiger partial charge in [0.25, 0.3) is 0 Å². The summed E-state index contributed by atoms with van der Waals surface area (Å²) in [4.78, 5) is 2.12. The molecule has 0 fully saturated rings. The molecule has 0 radical (unpaired) electrons. The zero-order chi connectivity index (χ0) is 17.2. The molecule has 0 aliphatic rings. The van der Waals surface area contributed by atoms with Crippen molar-refractivity contribution in [3.05, 3.63) is 59.9 Å². The van der Waals surface area contributed by atoms with E-state index in [2.05, 4.69) is 91.3 Å². The molecule has 2 heteroatoms. The van der Waals surface area contributed by atoms with E-state index in [-0.39, 0.29) is 0 Å². The fourth-order valence-corrected chi connectivity index (χ4v) is 2.80. The first-order chi connectivity index (χ1) is 11.7. The van der Waals surface area contributed by atoms with Crippen LogP contribution in [0.15, 0.2) is 48.7 Å². The summed E-state index contributed by atoms with van der Waals surface area (Å²) < 4.78 is 2.36. The number of aryl methyl sites for hydroxylation is 1. The van der Waals surface area contributed by atoms with Crippen LogP contribution in [0.3, 0.4) is 0 Å². The molecule has 1 aromatic carbocycles. The number of hydrogen-bond acceptors (Lipinski definition) is 1. The van der Waals surface area contributed by atoms with Gasteiger partial charge in [0, 0.05) is 44.4 Å². The molecule has 0 saturated heterocycles. The molecule has 0 saturated carbocycles. The van der Waals surface area contributed by atoms with Gasteiger partial charge in [-0.25, -0.2) is 0 Å². The van der Waals surface area contributed by atoms with Crippen molar-refractivity contribution in [3.63, 3.8) is 0 Å². The smallest absolute Gasteiger partial charge is 0.205 e. The van der Waals surface area contributed by atoms with E-state index in [9.17, 15) is 0 Å². The van der Waals surface area contributed by atoms with Gasteiger partial charge in [-0.2, -0.15) is 4.57 Å². The summed E-state index contributed by atoms with van der Waals surface area (Å²) in [5.41, 5.74) is 3.73. The summed E-state index contributed by atoms with van der Waals surface area (Å²) in [6.07, 6.45) is 13.2. The number of hydrogen-bond donors (Lipinski definition) is 0. The van der Waals surface area contributed by atoms with E-state index < -0.39 is 0 Å². The van der Waals surface area contributed by atoms with Crippen LogP contribution in [0.25, 0.3) is 12.2 Å². The summed E-state index contributed by atoms with van der Waals surface area (Å²) in [6.45, 7) is 3.36. The summed E-state index contributed by atoms with van der Waals surface area (Å²) in [7, 11) is 4.14. The standard InChI is InChI=1S/C22H31N2/c1-4-5-6-7-9-18-24-19-10-8-11-22(24)17-14-20-12-15-21(16-13-20)23(2)3/h8,10-17,19H,4-7,9,18H2,1-3H3/q+1. The Labute approximate surface area is 147 Å². The lowest BCUT2D eigenvalue weighted by atomic mass is 10.1. The van der Waals surface area contributed by atoms with Crippen molar-refractivity contribution in [1.82, 2.24) is 0 Å².